The first-order valence-corrected chi connectivity index (χ1v) is 6.82. The van der Waals surface area contributed by atoms with Crippen molar-refractivity contribution >= 4 is 11.9 Å². The Morgan fingerprint density at radius 3 is 2.38 bits per heavy atom. The second-order valence-corrected chi connectivity index (χ2v) is 5.80. The summed E-state index contributed by atoms with van der Waals surface area (Å²) >= 11 is 0. The van der Waals surface area contributed by atoms with E-state index in [1.165, 1.54) is 0 Å². The fourth-order valence-electron chi connectivity index (χ4n) is 1.67. The summed E-state index contributed by atoms with van der Waals surface area (Å²) in [4.78, 5) is 25.8. The highest BCUT2D eigenvalue weighted by molar-refractivity contribution is 5.97. The first kappa shape index (κ1) is 17.2. The van der Waals surface area contributed by atoms with Gasteiger partial charge in [0.05, 0.1) is 12.2 Å². The van der Waals surface area contributed by atoms with Crippen molar-refractivity contribution in [3.63, 3.8) is 0 Å². The lowest BCUT2D eigenvalue weighted by Gasteiger charge is -2.20. The summed E-state index contributed by atoms with van der Waals surface area (Å²) in [5.74, 6) is -0.589. The van der Waals surface area contributed by atoms with Gasteiger partial charge in [0.1, 0.15) is 5.60 Å². The quantitative estimate of drug-likeness (QED) is 0.782. The zero-order chi connectivity index (χ0) is 16.0. The number of ether oxygens (including phenoxy) is 2. The molecule has 0 aliphatic heterocycles. The van der Waals surface area contributed by atoms with Gasteiger partial charge >= 0.3 is 5.97 Å². The number of hydrogen-bond donors (Lipinski definition) is 0. The predicted molar refractivity (Wildman–Crippen MR) is 80.4 cm³/mol. The van der Waals surface area contributed by atoms with Crippen molar-refractivity contribution in [2.45, 2.75) is 26.4 Å². The molecule has 1 aromatic carbocycles. The molecule has 0 saturated carbocycles. The van der Waals surface area contributed by atoms with Gasteiger partial charge in [-0.2, -0.15) is 0 Å². The second kappa shape index (κ2) is 7.22. The van der Waals surface area contributed by atoms with Gasteiger partial charge in [-0.3, -0.25) is 4.79 Å². The maximum Gasteiger partial charge on any atom is 0.338 e. The first-order valence-electron chi connectivity index (χ1n) is 6.82. The molecule has 21 heavy (non-hydrogen) atoms. The third kappa shape index (κ3) is 5.55. The van der Waals surface area contributed by atoms with E-state index in [0.717, 1.165) is 0 Å². The molecule has 0 aliphatic rings. The molecule has 0 spiro atoms. The van der Waals surface area contributed by atoms with E-state index in [1.807, 2.05) is 0 Å². The highest BCUT2D eigenvalue weighted by Gasteiger charge is 2.19. The number of methoxy groups -OCH3 is 1. The summed E-state index contributed by atoms with van der Waals surface area (Å²) < 4.78 is 10.2. The highest BCUT2D eigenvalue weighted by atomic mass is 16.6. The Morgan fingerprint density at radius 1 is 1.19 bits per heavy atom. The van der Waals surface area contributed by atoms with Crippen LogP contribution in [0.4, 0.5) is 0 Å². The lowest BCUT2D eigenvalue weighted by atomic mass is 10.1. The van der Waals surface area contributed by atoms with Crippen LogP contribution in [0.1, 0.15) is 41.5 Å². The SMILES string of the molecule is COCCN(C)C(=O)c1cccc(C(=O)OC(C)(C)C)c1. The molecule has 0 atom stereocenters. The van der Waals surface area contributed by atoms with Gasteiger partial charge in [0.15, 0.2) is 0 Å². The topological polar surface area (TPSA) is 55.8 Å². The number of amides is 1. The third-order valence-corrected chi connectivity index (χ3v) is 2.72. The monoisotopic (exact) mass is 293 g/mol. The van der Waals surface area contributed by atoms with Gasteiger partial charge in [0.25, 0.3) is 5.91 Å². The van der Waals surface area contributed by atoms with Gasteiger partial charge in [0, 0.05) is 26.3 Å². The normalized spacial score (nSPS) is 11.1. The van der Waals surface area contributed by atoms with E-state index in [4.69, 9.17) is 9.47 Å². The summed E-state index contributed by atoms with van der Waals surface area (Å²) in [7, 11) is 3.28. The standard InChI is InChI=1S/C16H23NO4/c1-16(2,3)21-15(19)13-8-6-7-12(11-13)14(18)17(4)9-10-20-5/h6-8,11H,9-10H2,1-5H3. The molecule has 1 rings (SSSR count). The Balaban J connectivity index is 2.85. The van der Waals surface area contributed by atoms with E-state index in [0.29, 0.717) is 24.3 Å². The van der Waals surface area contributed by atoms with E-state index < -0.39 is 11.6 Å². The van der Waals surface area contributed by atoms with E-state index in [2.05, 4.69) is 0 Å². The zero-order valence-corrected chi connectivity index (χ0v) is 13.3. The summed E-state index contributed by atoms with van der Waals surface area (Å²) in [5, 5.41) is 0. The first-order chi connectivity index (χ1) is 9.74. The summed E-state index contributed by atoms with van der Waals surface area (Å²) in [6, 6.07) is 6.55. The van der Waals surface area contributed by atoms with Crippen molar-refractivity contribution in [2.75, 3.05) is 27.3 Å². The molecule has 0 heterocycles. The van der Waals surface area contributed by atoms with Crippen LogP contribution < -0.4 is 0 Å². The molecule has 116 valence electrons. The third-order valence-electron chi connectivity index (χ3n) is 2.72. The van der Waals surface area contributed by atoms with Crippen LogP contribution >= 0.6 is 0 Å². The fourth-order valence-corrected chi connectivity index (χ4v) is 1.67. The minimum atomic E-state index is -0.563. The predicted octanol–water partition coefficient (Wildman–Crippen LogP) is 2.36. The van der Waals surface area contributed by atoms with Crippen molar-refractivity contribution in [3.8, 4) is 0 Å². The molecular formula is C16H23NO4. The lowest BCUT2D eigenvalue weighted by molar-refractivity contribution is 0.00695. The van der Waals surface area contributed by atoms with E-state index in [1.54, 1.807) is 64.1 Å². The minimum Gasteiger partial charge on any atom is -0.456 e. The molecule has 0 radical (unpaired) electrons. The van der Waals surface area contributed by atoms with Crippen molar-refractivity contribution < 1.29 is 19.1 Å². The van der Waals surface area contributed by atoms with Crippen LogP contribution in [-0.4, -0.2) is 49.7 Å². The number of carbonyl (C=O) groups excluding carboxylic acids is 2. The number of carbonyl (C=O) groups is 2. The van der Waals surface area contributed by atoms with Gasteiger partial charge in [-0.1, -0.05) is 6.07 Å². The van der Waals surface area contributed by atoms with Crippen LogP contribution in [0.25, 0.3) is 0 Å². The van der Waals surface area contributed by atoms with Gasteiger partial charge in [-0.05, 0) is 39.0 Å². The number of hydrogen-bond acceptors (Lipinski definition) is 4. The minimum absolute atomic E-state index is 0.155. The van der Waals surface area contributed by atoms with Gasteiger partial charge in [-0.15, -0.1) is 0 Å². The number of likely N-dealkylation sites (N-methyl/N-ethyl adjacent to an activating group) is 1. The van der Waals surface area contributed by atoms with Crippen molar-refractivity contribution in [1.29, 1.82) is 0 Å². The second-order valence-electron chi connectivity index (χ2n) is 5.80. The highest BCUT2D eigenvalue weighted by Crippen LogP contribution is 2.14. The van der Waals surface area contributed by atoms with Crippen LogP contribution in [-0.2, 0) is 9.47 Å². The Kier molecular flexibility index (Phi) is 5.90. The summed E-state index contributed by atoms with van der Waals surface area (Å²) in [6.45, 7) is 6.37. The number of nitrogens with zero attached hydrogens (tertiary/aromatic N) is 1. The van der Waals surface area contributed by atoms with E-state index >= 15 is 0 Å². The van der Waals surface area contributed by atoms with Crippen LogP contribution in [0.15, 0.2) is 24.3 Å². The van der Waals surface area contributed by atoms with Gasteiger partial charge in [0.2, 0.25) is 0 Å². The van der Waals surface area contributed by atoms with Gasteiger partial charge in [-0.25, -0.2) is 4.79 Å². The van der Waals surface area contributed by atoms with Crippen LogP contribution in [0, 0.1) is 0 Å². The molecule has 0 aliphatic carbocycles. The largest absolute Gasteiger partial charge is 0.456 e. The smallest absolute Gasteiger partial charge is 0.338 e. The van der Waals surface area contributed by atoms with E-state index in [9.17, 15) is 9.59 Å². The lowest BCUT2D eigenvalue weighted by Crippen LogP contribution is -2.30. The maximum atomic E-state index is 12.2. The Labute approximate surface area is 125 Å². The molecule has 0 fully saturated rings. The number of rotatable bonds is 5. The van der Waals surface area contributed by atoms with Crippen LogP contribution in [0.2, 0.25) is 0 Å². The number of esters is 1. The molecule has 5 nitrogen and oxygen atoms in total. The Hall–Kier alpha value is -1.88. The zero-order valence-electron chi connectivity index (χ0n) is 13.3. The van der Waals surface area contributed by atoms with Crippen molar-refractivity contribution in [3.05, 3.63) is 35.4 Å². The molecule has 0 aromatic heterocycles. The number of benzene rings is 1. The molecule has 1 amide bonds. The Bertz CT molecular complexity index is 505. The maximum absolute atomic E-state index is 12.2. The molecule has 1 aromatic rings. The Morgan fingerprint density at radius 2 is 1.81 bits per heavy atom. The molecule has 0 N–H and O–H groups in total. The average molecular weight is 293 g/mol. The summed E-state index contributed by atoms with van der Waals surface area (Å²) in [6.07, 6.45) is 0. The molecule has 0 bridgehead atoms. The average Bonchev–Trinajstić information content (AvgIpc) is 2.42. The summed E-state index contributed by atoms with van der Waals surface area (Å²) in [5.41, 5.74) is 0.264. The van der Waals surface area contributed by atoms with E-state index in [-0.39, 0.29) is 5.91 Å². The van der Waals surface area contributed by atoms with Crippen LogP contribution in [0.3, 0.4) is 0 Å². The van der Waals surface area contributed by atoms with Crippen molar-refractivity contribution in [2.24, 2.45) is 0 Å². The van der Waals surface area contributed by atoms with Crippen molar-refractivity contribution in [1.82, 2.24) is 4.90 Å². The fraction of sp³-hybridized carbons (Fsp3) is 0.500. The molecule has 0 unspecified atom stereocenters. The molecule has 5 heteroatoms. The molecule has 0 saturated heterocycles. The van der Waals surface area contributed by atoms with Crippen LogP contribution in [0.5, 0.6) is 0 Å². The van der Waals surface area contributed by atoms with Gasteiger partial charge < -0.3 is 14.4 Å². The molecular weight excluding hydrogens is 270 g/mol.